The number of aryl methyl sites for hydroxylation is 1. The van der Waals surface area contributed by atoms with E-state index in [1.165, 1.54) is 41.2 Å². The lowest BCUT2D eigenvalue weighted by Gasteiger charge is -2.25. The molecule has 7 nitrogen and oxygen atoms in total. The highest BCUT2D eigenvalue weighted by atomic mass is 32.2. The number of carbonyl (C=O) groups is 1. The van der Waals surface area contributed by atoms with Gasteiger partial charge in [0.1, 0.15) is 11.6 Å². The molecule has 44 heavy (non-hydrogen) atoms. The minimum atomic E-state index is -3.82. The molecule has 0 aromatic heterocycles. The van der Waals surface area contributed by atoms with E-state index < -0.39 is 39.7 Å². The summed E-state index contributed by atoms with van der Waals surface area (Å²) < 4.78 is 55.3. The lowest BCUT2D eigenvalue weighted by atomic mass is 10.00. The van der Waals surface area contributed by atoms with Crippen molar-refractivity contribution >= 4 is 15.9 Å². The average Bonchev–Trinajstić information content (AvgIpc) is 3.00. The predicted molar refractivity (Wildman–Crippen MR) is 166 cm³/mol. The van der Waals surface area contributed by atoms with E-state index in [0.717, 1.165) is 35.7 Å². The van der Waals surface area contributed by atoms with Crippen LogP contribution in [0.2, 0.25) is 0 Å². The topological polar surface area (TPSA) is 98.7 Å². The minimum absolute atomic E-state index is 0.0237. The molecule has 0 radical (unpaired) electrons. The Morgan fingerprint density at radius 1 is 0.841 bits per heavy atom. The molecule has 0 aliphatic heterocycles. The first-order chi connectivity index (χ1) is 21.0. The number of hydrogen-bond donors (Lipinski definition) is 3. The van der Waals surface area contributed by atoms with Crippen molar-refractivity contribution in [1.82, 2.24) is 14.9 Å². The van der Waals surface area contributed by atoms with E-state index in [2.05, 4.69) is 23.6 Å². The third-order valence-electron chi connectivity index (χ3n) is 7.31. The van der Waals surface area contributed by atoms with Crippen LogP contribution in [0.1, 0.15) is 39.5 Å². The molecule has 4 aromatic rings. The highest BCUT2D eigenvalue weighted by molar-refractivity contribution is 7.89. The zero-order chi connectivity index (χ0) is 31.7. The maximum absolute atomic E-state index is 13.9. The summed E-state index contributed by atoms with van der Waals surface area (Å²) in [5.41, 5.74) is 3.49. The van der Waals surface area contributed by atoms with Gasteiger partial charge in [0, 0.05) is 38.3 Å². The summed E-state index contributed by atoms with van der Waals surface area (Å²) in [4.78, 5) is 13.3. The van der Waals surface area contributed by atoms with Gasteiger partial charge in [-0.2, -0.15) is 4.31 Å². The van der Waals surface area contributed by atoms with E-state index in [9.17, 15) is 27.1 Å². The van der Waals surface area contributed by atoms with E-state index in [4.69, 9.17) is 0 Å². The summed E-state index contributed by atoms with van der Waals surface area (Å²) in [7, 11) is -2.34. The second-order valence-corrected chi connectivity index (χ2v) is 12.7. The average molecular weight is 622 g/mol. The largest absolute Gasteiger partial charge is 0.390 e. The van der Waals surface area contributed by atoms with Crippen LogP contribution in [0.15, 0.2) is 102 Å². The molecule has 4 aromatic carbocycles. The third-order valence-corrected chi connectivity index (χ3v) is 9.13. The van der Waals surface area contributed by atoms with Crippen LogP contribution in [-0.2, 0) is 36.0 Å². The predicted octanol–water partition coefficient (Wildman–Crippen LogP) is 4.84. The van der Waals surface area contributed by atoms with Crippen LogP contribution in [-0.4, -0.2) is 49.5 Å². The van der Waals surface area contributed by atoms with Crippen LogP contribution in [0, 0.1) is 11.6 Å². The van der Waals surface area contributed by atoms with E-state index in [0.29, 0.717) is 6.54 Å². The van der Waals surface area contributed by atoms with Gasteiger partial charge in [0.2, 0.25) is 10.0 Å². The number of rotatable bonds is 14. The zero-order valence-electron chi connectivity index (χ0n) is 24.7. The van der Waals surface area contributed by atoms with E-state index in [1.807, 2.05) is 48.5 Å². The first-order valence-corrected chi connectivity index (χ1v) is 15.8. The maximum atomic E-state index is 13.9. The van der Waals surface area contributed by atoms with E-state index >= 15 is 0 Å². The van der Waals surface area contributed by atoms with Crippen molar-refractivity contribution in [3.8, 4) is 0 Å². The van der Waals surface area contributed by atoms with Crippen molar-refractivity contribution in [2.45, 2.75) is 49.9 Å². The standard InChI is InChI=1S/C34H37F2N3O4S/c1-3-24-10-7-11-26(16-24)21-37-22-33(40)32(19-27-17-29(35)20-30(36)18-27)38-34(41)28-12-14-31(15-13-28)44(42,43)39(2)23-25-8-5-4-6-9-25/h4-18,20,32-33,37,40H,3,19,21-23H2,1-2H3,(H,38,41)/t32-,33-/m0/s1. The van der Waals surface area contributed by atoms with Crippen LogP contribution in [0.25, 0.3) is 0 Å². The van der Waals surface area contributed by atoms with Crippen molar-refractivity contribution in [3.05, 3.63) is 137 Å². The fourth-order valence-electron chi connectivity index (χ4n) is 4.87. The first-order valence-electron chi connectivity index (χ1n) is 14.4. The smallest absolute Gasteiger partial charge is 0.251 e. The molecular weight excluding hydrogens is 584 g/mol. The number of benzene rings is 4. The third kappa shape index (κ3) is 9.03. The van der Waals surface area contributed by atoms with Crippen molar-refractivity contribution in [3.63, 3.8) is 0 Å². The fraction of sp³-hybridized carbons (Fsp3) is 0.265. The molecule has 0 aliphatic carbocycles. The number of nitrogens with zero attached hydrogens (tertiary/aromatic N) is 1. The normalized spacial score (nSPS) is 13.0. The van der Waals surface area contributed by atoms with Crippen molar-refractivity contribution < 1.29 is 27.1 Å². The molecule has 0 spiro atoms. The van der Waals surface area contributed by atoms with Gasteiger partial charge in [-0.3, -0.25) is 4.79 Å². The van der Waals surface area contributed by atoms with Gasteiger partial charge in [0.05, 0.1) is 17.0 Å². The lowest BCUT2D eigenvalue weighted by molar-refractivity contribution is 0.0829. The van der Waals surface area contributed by atoms with Gasteiger partial charge in [0.25, 0.3) is 5.91 Å². The SMILES string of the molecule is CCc1cccc(CNC[C@H](O)[C@H](Cc2cc(F)cc(F)c2)NC(=O)c2ccc(S(=O)(=O)N(C)Cc3ccccc3)cc2)c1. The van der Waals surface area contributed by atoms with E-state index in [1.54, 1.807) is 0 Å². The van der Waals surface area contributed by atoms with Crippen molar-refractivity contribution in [2.24, 2.45) is 0 Å². The number of aliphatic hydroxyl groups excluding tert-OH is 1. The van der Waals surface area contributed by atoms with E-state index in [-0.39, 0.29) is 35.5 Å². The second-order valence-electron chi connectivity index (χ2n) is 10.7. The fourth-order valence-corrected chi connectivity index (χ4v) is 6.03. The minimum Gasteiger partial charge on any atom is -0.390 e. The molecule has 0 heterocycles. The number of aliphatic hydroxyl groups is 1. The summed E-state index contributed by atoms with van der Waals surface area (Å²) in [6.45, 7) is 2.83. The van der Waals surface area contributed by atoms with Gasteiger partial charge >= 0.3 is 0 Å². The molecule has 4 rings (SSSR count). The summed E-state index contributed by atoms with van der Waals surface area (Å²) >= 11 is 0. The van der Waals surface area contributed by atoms with Gasteiger partial charge in [0.15, 0.2) is 0 Å². The Bertz CT molecular complexity index is 1630. The number of sulfonamides is 1. The Hall–Kier alpha value is -3.96. The maximum Gasteiger partial charge on any atom is 0.251 e. The Balaban J connectivity index is 1.45. The molecule has 10 heteroatoms. The van der Waals surface area contributed by atoms with Crippen LogP contribution in [0.4, 0.5) is 8.78 Å². The Labute approximate surface area is 257 Å². The van der Waals surface area contributed by atoms with Crippen LogP contribution in [0.3, 0.4) is 0 Å². The summed E-state index contributed by atoms with van der Waals surface area (Å²) in [6.07, 6.45) is -0.247. The highest BCUT2D eigenvalue weighted by Gasteiger charge is 2.25. The lowest BCUT2D eigenvalue weighted by Crippen LogP contribution is -2.48. The molecule has 0 aliphatic rings. The summed E-state index contributed by atoms with van der Waals surface area (Å²) in [5, 5.41) is 17.0. The molecule has 1 amide bonds. The Kier molecular flexibility index (Phi) is 11.4. The second kappa shape index (κ2) is 15.2. The van der Waals surface area contributed by atoms with Crippen LogP contribution in [0.5, 0.6) is 0 Å². The number of halogens is 2. The van der Waals surface area contributed by atoms with Gasteiger partial charge in [-0.25, -0.2) is 17.2 Å². The monoisotopic (exact) mass is 621 g/mol. The number of amides is 1. The van der Waals surface area contributed by atoms with Gasteiger partial charge in [-0.1, -0.05) is 61.5 Å². The first kappa shape index (κ1) is 32.9. The van der Waals surface area contributed by atoms with Crippen molar-refractivity contribution in [2.75, 3.05) is 13.6 Å². The Morgan fingerprint density at radius 2 is 1.48 bits per heavy atom. The molecule has 3 N–H and O–H groups in total. The molecule has 232 valence electrons. The van der Waals surface area contributed by atoms with Gasteiger partial charge in [-0.15, -0.1) is 0 Å². The number of carbonyl (C=O) groups excluding carboxylic acids is 1. The molecule has 0 saturated carbocycles. The Morgan fingerprint density at radius 3 is 2.14 bits per heavy atom. The molecule has 0 saturated heterocycles. The van der Waals surface area contributed by atoms with Crippen LogP contribution < -0.4 is 10.6 Å². The van der Waals surface area contributed by atoms with Crippen molar-refractivity contribution in [1.29, 1.82) is 0 Å². The van der Waals surface area contributed by atoms with Gasteiger partial charge < -0.3 is 15.7 Å². The quantitative estimate of drug-likeness (QED) is 0.187. The van der Waals surface area contributed by atoms with Gasteiger partial charge in [-0.05, 0) is 71.5 Å². The molecule has 0 fully saturated rings. The number of hydrogen-bond acceptors (Lipinski definition) is 5. The number of nitrogens with one attached hydrogen (secondary N) is 2. The molecular formula is C34H37F2N3O4S. The zero-order valence-corrected chi connectivity index (χ0v) is 25.5. The van der Waals surface area contributed by atoms with Crippen LogP contribution >= 0.6 is 0 Å². The molecule has 0 bridgehead atoms. The summed E-state index contributed by atoms with van der Waals surface area (Å²) in [6, 6.07) is 24.9. The summed E-state index contributed by atoms with van der Waals surface area (Å²) in [5.74, 6) is -2.09. The molecule has 0 unspecified atom stereocenters. The highest BCUT2D eigenvalue weighted by Crippen LogP contribution is 2.18. The molecule has 2 atom stereocenters.